The summed E-state index contributed by atoms with van der Waals surface area (Å²) in [6.07, 6.45) is 0. The molecule has 0 unspecified atom stereocenters. The summed E-state index contributed by atoms with van der Waals surface area (Å²) in [5, 5.41) is 7.58. The molecule has 3 aromatic rings. The van der Waals surface area contributed by atoms with Gasteiger partial charge >= 0.3 is 0 Å². The van der Waals surface area contributed by atoms with Crippen molar-refractivity contribution in [3.63, 3.8) is 0 Å². The molecule has 0 saturated heterocycles. The molecule has 0 atom stereocenters. The Morgan fingerprint density at radius 1 is 1.07 bits per heavy atom. The average Bonchev–Trinajstić information content (AvgIpc) is 2.66. The van der Waals surface area contributed by atoms with E-state index in [1.807, 2.05) is 31.2 Å². The maximum absolute atomic E-state index is 12.2. The molecule has 2 aromatic carbocycles. The minimum atomic E-state index is -0.351. The molecule has 0 bridgehead atoms. The van der Waals surface area contributed by atoms with Gasteiger partial charge in [-0.25, -0.2) is 4.68 Å². The first-order chi connectivity index (χ1) is 13.0. The van der Waals surface area contributed by atoms with Crippen LogP contribution in [0.1, 0.15) is 6.92 Å². The number of hydrogen-bond acceptors (Lipinski definition) is 4. The number of benzene rings is 2. The molecule has 7 heteroatoms. The van der Waals surface area contributed by atoms with Gasteiger partial charge in [-0.15, -0.1) is 0 Å². The van der Waals surface area contributed by atoms with Crippen LogP contribution in [0.2, 0.25) is 5.02 Å². The number of nitrogens with one attached hydrogen (secondary N) is 1. The van der Waals surface area contributed by atoms with E-state index < -0.39 is 0 Å². The zero-order chi connectivity index (χ0) is 19.2. The SMILES string of the molecule is CCOc1ccc(-c2ccc(=O)n(CC(=O)Nc3ccc(Cl)cc3)n2)cc1. The predicted molar refractivity (Wildman–Crippen MR) is 105 cm³/mol. The van der Waals surface area contributed by atoms with Gasteiger partial charge in [-0.3, -0.25) is 9.59 Å². The number of aromatic nitrogens is 2. The summed E-state index contributed by atoms with van der Waals surface area (Å²) >= 11 is 5.83. The molecule has 1 N–H and O–H groups in total. The van der Waals surface area contributed by atoms with Gasteiger partial charge in [0.25, 0.3) is 5.56 Å². The van der Waals surface area contributed by atoms with Crippen molar-refractivity contribution in [2.45, 2.75) is 13.5 Å². The van der Waals surface area contributed by atoms with E-state index in [1.54, 1.807) is 30.3 Å². The monoisotopic (exact) mass is 383 g/mol. The lowest BCUT2D eigenvalue weighted by molar-refractivity contribution is -0.117. The molecule has 0 radical (unpaired) electrons. The van der Waals surface area contributed by atoms with Gasteiger partial charge in [0.15, 0.2) is 0 Å². The fourth-order valence-electron chi connectivity index (χ4n) is 2.47. The van der Waals surface area contributed by atoms with E-state index in [0.717, 1.165) is 16.0 Å². The van der Waals surface area contributed by atoms with Crippen LogP contribution in [0.25, 0.3) is 11.3 Å². The summed E-state index contributed by atoms with van der Waals surface area (Å²) in [7, 11) is 0. The molecule has 27 heavy (non-hydrogen) atoms. The van der Waals surface area contributed by atoms with Crippen LogP contribution in [0, 0.1) is 0 Å². The number of halogens is 1. The largest absolute Gasteiger partial charge is 0.494 e. The predicted octanol–water partition coefficient (Wildman–Crippen LogP) is 3.60. The summed E-state index contributed by atoms with van der Waals surface area (Å²) in [4.78, 5) is 24.3. The Kier molecular flexibility index (Phi) is 5.88. The Labute approximate surface area is 161 Å². The molecule has 1 aromatic heterocycles. The second-order valence-corrected chi connectivity index (χ2v) is 6.16. The van der Waals surface area contributed by atoms with Crippen LogP contribution in [0.4, 0.5) is 5.69 Å². The van der Waals surface area contributed by atoms with E-state index >= 15 is 0 Å². The van der Waals surface area contributed by atoms with Crippen molar-refractivity contribution in [1.82, 2.24) is 9.78 Å². The van der Waals surface area contributed by atoms with Gasteiger partial charge in [-0.1, -0.05) is 11.6 Å². The van der Waals surface area contributed by atoms with Crippen molar-refractivity contribution < 1.29 is 9.53 Å². The summed E-state index contributed by atoms with van der Waals surface area (Å²) < 4.78 is 6.56. The first-order valence-corrected chi connectivity index (χ1v) is 8.80. The maximum Gasteiger partial charge on any atom is 0.267 e. The van der Waals surface area contributed by atoms with Crippen LogP contribution in [0.3, 0.4) is 0 Å². The minimum Gasteiger partial charge on any atom is -0.494 e. The van der Waals surface area contributed by atoms with E-state index in [4.69, 9.17) is 16.3 Å². The summed E-state index contributed by atoms with van der Waals surface area (Å²) in [6.45, 7) is 2.32. The Morgan fingerprint density at radius 3 is 2.44 bits per heavy atom. The van der Waals surface area contributed by atoms with E-state index in [0.29, 0.717) is 23.0 Å². The molecule has 0 spiro atoms. The van der Waals surface area contributed by atoms with E-state index in [1.165, 1.54) is 6.07 Å². The van der Waals surface area contributed by atoms with Crippen LogP contribution in [0.15, 0.2) is 65.5 Å². The highest BCUT2D eigenvalue weighted by molar-refractivity contribution is 6.30. The van der Waals surface area contributed by atoms with Crippen molar-refractivity contribution in [1.29, 1.82) is 0 Å². The molecule has 0 aliphatic carbocycles. The van der Waals surface area contributed by atoms with E-state index in [2.05, 4.69) is 10.4 Å². The molecule has 6 nitrogen and oxygen atoms in total. The van der Waals surface area contributed by atoms with Crippen molar-refractivity contribution in [3.05, 3.63) is 76.0 Å². The number of carbonyl (C=O) groups excluding carboxylic acids is 1. The molecule has 0 saturated carbocycles. The number of hydrogen-bond donors (Lipinski definition) is 1. The summed E-state index contributed by atoms with van der Waals surface area (Å²) in [5.74, 6) is 0.410. The Balaban J connectivity index is 1.75. The molecule has 138 valence electrons. The second-order valence-electron chi connectivity index (χ2n) is 5.73. The fourth-order valence-corrected chi connectivity index (χ4v) is 2.60. The van der Waals surface area contributed by atoms with E-state index in [-0.39, 0.29) is 18.0 Å². The number of ether oxygens (including phenoxy) is 1. The Hall–Kier alpha value is -3.12. The molecule has 0 aliphatic heterocycles. The molecular formula is C20H18ClN3O3. The average molecular weight is 384 g/mol. The van der Waals surface area contributed by atoms with Crippen LogP contribution < -0.4 is 15.6 Å². The fraction of sp³-hybridized carbons (Fsp3) is 0.150. The van der Waals surface area contributed by atoms with Gasteiger partial charge in [0.2, 0.25) is 5.91 Å². The van der Waals surface area contributed by atoms with Gasteiger partial charge in [0.05, 0.1) is 12.3 Å². The van der Waals surface area contributed by atoms with Gasteiger partial charge in [-0.05, 0) is 61.5 Å². The third-order valence-electron chi connectivity index (χ3n) is 3.75. The third kappa shape index (κ3) is 4.95. The van der Waals surface area contributed by atoms with Gasteiger partial charge in [0.1, 0.15) is 12.3 Å². The number of nitrogens with zero attached hydrogens (tertiary/aromatic N) is 2. The molecule has 1 heterocycles. The van der Waals surface area contributed by atoms with Crippen molar-refractivity contribution in [2.24, 2.45) is 0 Å². The van der Waals surface area contributed by atoms with Crippen molar-refractivity contribution in [2.75, 3.05) is 11.9 Å². The maximum atomic E-state index is 12.2. The van der Waals surface area contributed by atoms with Gasteiger partial charge < -0.3 is 10.1 Å². The molecular weight excluding hydrogens is 366 g/mol. The lowest BCUT2D eigenvalue weighted by Crippen LogP contribution is -2.29. The standard InChI is InChI=1S/C20H18ClN3O3/c1-2-27-17-9-3-14(4-10-17)18-11-12-20(26)24(23-18)13-19(25)22-16-7-5-15(21)6-8-16/h3-12H,2,13H2,1H3,(H,22,25). The lowest BCUT2D eigenvalue weighted by Gasteiger charge is -2.09. The number of amides is 1. The second kappa shape index (κ2) is 8.51. The normalized spacial score (nSPS) is 10.4. The number of carbonyl (C=O) groups is 1. The Morgan fingerprint density at radius 2 is 1.78 bits per heavy atom. The quantitative estimate of drug-likeness (QED) is 0.705. The third-order valence-corrected chi connectivity index (χ3v) is 4.00. The zero-order valence-electron chi connectivity index (χ0n) is 14.7. The highest BCUT2D eigenvalue weighted by Crippen LogP contribution is 2.20. The minimum absolute atomic E-state index is 0.188. The topological polar surface area (TPSA) is 73.2 Å². The van der Waals surface area contributed by atoms with Crippen molar-refractivity contribution in [3.8, 4) is 17.0 Å². The van der Waals surface area contributed by atoms with Crippen LogP contribution in [0.5, 0.6) is 5.75 Å². The zero-order valence-corrected chi connectivity index (χ0v) is 15.4. The van der Waals surface area contributed by atoms with Gasteiger partial charge in [-0.2, -0.15) is 5.10 Å². The summed E-state index contributed by atoms with van der Waals surface area (Å²) in [6, 6.07) is 17.1. The molecule has 3 rings (SSSR count). The first kappa shape index (κ1) is 18.7. The molecule has 1 amide bonds. The van der Waals surface area contributed by atoms with Crippen LogP contribution in [-0.2, 0) is 11.3 Å². The summed E-state index contributed by atoms with van der Waals surface area (Å²) in [5.41, 5.74) is 1.67. The highest BCUT2D eigenvalue weighted by atomic mass is 35.5. The van der Waals surface area contributed by atoms with Crippen LogP contribution >= 0.6 is 11.6 Å². The van der Waals surface area contributed by atoms with E-state index in [9.17, 15) is 9.59 Å². The highest BCUT2D eigenvalue weighted by Gasteiger charge is 2.09. The van der Waals surface area contributed by atoms with Crippen molar-refractivity contribution >= 4 is 23.2 Å². The first-order valence-electron chi connectivity index (χ1n) is 8.42. The Bertz CT molecular complexity index is 983. The molecule has 0 aliphatic rings. The van der Waals surface area contributed by atoms with Crippen LogP contribution in [-0.4, -0.2) is 22.3 Å². The van der Waals surface area contributed by atoms with Gasteiger partial charge in [0, 0.05) is 22.3 Å². The molecule has 0 fully saturated rings. The number of anilines is 1. The lowest BCUT2D eigenvalue weighted by atomic mass is 10.1. The number of rotatable bonds is 6. The smallest absolute Gasteiger partial charge is 0.267 e.